The minimum atomic E-state index is 0.104. The number of morpholine rings is 1. The lowest BCUT2D eigenvalue weighted by Gasteiger charge is -2.32. The van der Waals surface area contributed by atoms with Crippen molar-refractivity contribution in [2.24, 2.45) is 0 Å². The van der Waals surface area contributed by atoms with Crippen LogP contribution in [0.5, 0.6) is 0 Å². The average Bonchev–Trinajstić information content (AvgIpc) is 3.24. The fraction of sp³-hybridized carbons (Fsp3) is 0.391. The Kier molecular flexibility index (Phi) is 6.67. The van der Waals surface area contributed by atoms with Crippen LogP contribution in [0.1, 0.15) is 24.5 Å². The van der Waals surface area contributed by atoms with Gasteiger partial charge in [0.1, 0.15) is 0 Å². The SMILES string of the molecule is CCC1CN(C(=O)CSc2nnc(-c3ccncc3)n2-c2ccc(C)c(C)c2)CCO1. The number of hydrogen-bond acceptors (Lipinski definition) is 6. The number of pyridine rings is 1. The first-order chi connectivity index (χ1) is 15.1. The molecule has 7 nitrogen and oxygen atoms in total. The molecule has 3 heterocycles. The van der Waals surface area contributed by atoms with Gasteiger partial charge in [-0.3, -0.25) is 14.3 Å². The van der Waals surface area contributed by atoms with E-state index in [1.165, 1.54) is 22.9 Å². The second-order valence-corrected chi connectivity index (χ2v) is 8.62. The van der Waals surface area contributed by atoms with Gasteiger partial charge in [0.25, 0.3) is 0 Å². The Hall–Kier alpha value is -2.71. The Morgan fingerprint density at radius 2 is 1.97 bits per heavy atom. The van der Waals surface area contributed by atoms with Crippen molar-refractivity contribution >= 4 is 17.7 Å². The third-order valence-electron chi connectivity index (χ3n) is 5.59. The molecule has 1 amide bonds. The third kappa shape index (κ3) is 4.80. The average molecular weight is 438 g/mol. The van der Waals surface area contributed by atoms with Crippen molar-refractivity contribution in [3.05, 3.63) is 53.9 Å². The van der Waals surface area contributed by atoms with Gasteiger partial charge in [-0.2, -0.15) is 0 Å². The predicted molar refractivity (Wildman–Crippen MR) is 121 cm³/mol. The zero-order valence-corrected chi connectivity index (χ0v) is 18.9. The quantitative estimate of drug-likeness (QED) is 0.548. The van der Waals surface area contributed by atoms with E-state index in [1.54, 1.807) is 12.4 Å². The number of carbonyl (C=O) groups is 1. The highest BCUT2D eigenvalue weighted by atomic mass is 32.2. The van der Waals surface area contributed by atoms with E-state index in [-0.39, 0.29) is 12.0 Å². The number of amides is 1. The van der Waals surface area contributed by atoms with Gasteiger partial charge >= 0.3 is 0 Å². The fourth-order valence-corrected chi connectivity index (χ4v) is 4.41. The Balaban J connectivity index is 1.61. The van der Waals surface area contributed by atoms with Gasteiger partial charge in [0, 0.05) is 31.0 Å². The summed E-state index contributed by atoms with van der Waals surface area (Å²) in [4.78, 5) is 18.8. The van der Waals surface area contributed by atoms with Crippen LogP contribution in [0, 0.1) is 13.8 Å². The molecule has 1 aliphatic rings. The first kappa shape index (κ1) is 21.5. The highest BCUT2D eigenvalue weighted by molar-refractivity contribution is 7.99. The number of nitrogens with zero attached hydrogens (tertiary/aromatic N) is 5. The van der Waals surface area contributed by atoms with Crippen molar-refractivity contribution in [1.29, 1.82) is 0 Å². The summed E-state index contributed by atoms with van der Waals surface area (Å²) >= 11 is 1.42. The van der Waals surface area contributed by atoms with Crippen LogP contribution in [0.4, 0.5) is 0 Å². The van der Waals surface area contributed by atoms with Crippen LogP contribution in [0.3, 0.4) is 0 Å². The second-order valence-electron chi connectivity index (χ2n) is 7.68. The summed E-state index contributed by atoms with van der Waals surface area (Å²) in [6, 6.07) is 10.1. The van der Waals surface area contributed by atoms with Crippen LogP contribution >= 0.6 is 11.8 Å². The molecule has 1 atom stereocenters. The van der Waals surface area contributed by atoms with E-state index in [9.17, 15) is 4.79 Å². The lowest BCUT2D eigenvalue weighted by atomic mass is 10.1. The van der Waals surface area contributed by atoms with Crippen molar-refractivity contribution < 1.29 is 9.53 Å². The van der Waals surface area contributed by atoms with E-state index in [4.69, 9.17) is 4.74 Å². The van der Waals surface area contributed by atoms with E-state index in [2.05, 4.69) is 54.2 Å². The zero-order valence-electron chi connectivity index (χ0n) is 18.1. The molecule has 2 aromatic heterocycles. The largest absolute Gasteiger partial charge is 0.375 e. The molecule has 1 fully saturated rings. The molecule has 162 valence electrons. The Labute approximate surface area is 186 Å². The lowest BCUT2D eigenvalue weighted by molar-refractivity contribution is -0.135. The van der Waals surface area contributed by atoms with Gasteiger partial charge in [-0.15, -0.1) is 10.2 Å². The lowest BCUT2D eigenvalue weighted by Crippen LogP contribution is -2.46. The normalized spacial score (nSPS) is 16.5. The monoisotopic (exact) mass is 437 g/mol. The predicted octanol–water partition coefficient (Wildman–Crippen LogP) is 3.68. The Morgan fingerprint density at radius 1 is 1.16 bits per heavy atom. The maximum atomic E-state index is 12.8. The molecule has 1 aromatic carbocycles. The molecule has 0 saturated carbocycles. The molecule has 0 aliphatic carbocycles. The van der Waals surface area contributed by atoms with Gasteiger partial charge in [0.2, 0.25) is 5.91 Å². The van der Waals surface area contributed by atoms with Crippen molar-refractivity contribution in [2.75, 3.05) is 25.4 Å². The maximum absolute atomic E-state index is 12.8. The van der Waals surface area contributed by atoms with Crippen molar-refractivity contribution in [2.45, 2.75) is 38.5 Å². The minimum Gasteiger partial charge on any atom is -0.375 e. The van der Waals surface area contributed by atoms with Crippen LogP contribution in [0.25, 0.3) is 17.1 Å². The smallest absolute Gasteiger partial charge is 0.233 e. The van der Waals surface area contributed by atoms with E-state index >= 15 is 0 Å². The molecular weight excluding hydrogens is 410 g/mol. The van der Waals surface area contributed by atoms with Crippen LogP contribution < -0.4 is 0 Å². The van der Waals surface area contributed by atoms with Crippen LogP contribution in [0.2, 0.25) is 0 Å². The number of benzene rings is 1. The number of rotatable bonds is 6. The van der Waals surface area contributed by atoms with Crippen LogP contribution in [-0.2, 0) is 9.53 Å². The summed E-state index contributed by atoms with van der Waals surface area (Å²) in [7, 11) is 0. The van der Waals surface area contributed by atoms with Gasteiger partial charge in [-0.1, -0.05) is 24.8 Å². The summed E-state index contributed by atoms with van der Waals surface area (Å²) in [6.07, 6.45) is 4.52. The van der Waals surface area contributed by atoms with Gasteiger partial charge in [-0.25, -0.2) is 0 Å². The number of hydrogen-bond donors (Lipinski definition) is 0. The van der Waals surface area contributed by atoms with Crippen molar-refractivity contribution in [3.8, 4) is 17.1 Å². The molecule has 3 aromatic rings. The van der Waals surface area contributed by atoms with Crippen molar-refractivity contribution in [3.63, 3.8) is 0 Å². The van der Waals surface area contributed by atoms with E-state index in [0.29, 0.717) is 30.6 Å². The van der Waals surface area contributed by atoms with Gasteiger partial charge < -0.3 is 9.64 Å². The zero-order chi connectivity index (χ0) is 21.8. The minimum absolute atomic E-state index is 0.104. The summed E-state index contributed by atoms with van der Waals surface area (Å²) < 4.78 is 7.71. The van der Waals surface area contributed by atoms with Crippen LogP contribution in [0.15, 0.2) is 47.9 Å². The van der Waals surface area contributed by atoms with E-state index in [0.717, 1.165) is 23.5 Å². The fourth-order valence-electron chi connectivity index (χ4n) is 3.56. The van der Waals surface area contributed by atoms with E-state index in [1.807, 2.05) is 21.6 Å². The molecule has 0 bridgehead atoms. The number of aromatic nitrogens is 4. The number of thioether (sulfide) groups is 1. The van der Waals surface area contributed by atoms with Crippen LogP contribution in [-0.4, -0.2) is 62.1 Å². The molecular formula is C23H27N5O2S. The highest BCUT2D eigenvalue weighted by Gasteiger charge is 2.24. The van der Waals surface area contributed by atoms with E-state index < -0.39 is 0 Å². The Morgan fingerprint density at radius 3 is 2.71 bits per heavy atom. The van der Waals surface area contributed by atoms with Gasteiger partial charge in [0.15, 0.2) is 11.0 Å². The molecule has 8 heteroatoms. The molecule has 0 N–H and O–H groups in total. The summed E-state index contributed by atoms with van der Waals surface area (Å²) in [5, 5.41) is 9.58. The molecule has 0 radical (unpaired) electrons. The van der Waals surface area contributed by atoms with Gasteiger partial charge in [0.05, 0.1) is 24.2 Å². The van der Waals surface area contributed by atoms with Crippen molar-refractivity contribution in [1.82, 2.24) is 24.6 Å². The first-order valence-corrected chi connectivity index (χ1v) is 11.5. The summed E-state index contributed by atoms with van der Waals surface area (Å²) in [5.74, 6) is 1.15. The number of ether oxygens (including phenoxy) is 1. The summed E-state index contributed by atoms with van der Waals surface area (Å²) in [5.41, 5.74) is 4.33. The first-order valence-electron chi connectivity index (χ1n) is 10.5. The number of aryl methyl sites for hydroxylation is 2. The molecule has 4 rings (SSSR count). The summed E-state index contributed by atoms with van der Waals surface area (Å²) in [6.45, 7) is 8.16. The standard InChI is InChI=1S/C23H27N5O2S/c1-4-20-14-27(11-12-30-20)21(29)15-31-23-26-25-22(18-7-9-24-10-8-18)28(23)19-6-5-16(2)17(3)13-19/h5-10,13,20H,4,11-12,14-15H2,1-3H3. The third-order valence-corrected chi connectivity index (χ3v) is 6.51. The Bertz CT molecular complexity index is 1050. The molecule has 1 saturated heterocycles. The topological polar surface area (TPSA) is 73.1 Å². The maximum Gasteiger partial charge on any atom is 0.233 e. The molecule has 1 unspecified atom stereocenters. The highest BCUT2D eigenvalue weighted by Crippen LogP contribution is 2.29. The second kappa shape index (κ2) is 9.62. The molecule has 0 spiro atoms. The molecule has 31 heavy (non-hydrogen) atoms. The number of carbonyl (C=O) groups excluding carboxylic acids is 1. The van der Waals surface area contributed by atoms with Gasteiger partial charge in [-0.05, 0) is 55.7 Å². The molecule has 1 aliphatic heterocycles.